The van der Waals surface area contributed by atoms with Gasteiger partial charge in [0.1, 0.15) is 5.54 Å². The predicted molar refractivity (Wildman–Crippen MR) is 110 cm³/mol. The van der Waals surface area contributed by atoms with Crippen LogP contribution in [0, 0.1) is 0 Å². The van der Waals surface area contributed by atoms with E-state index in [0.29, 0.717) is 18.4 Å². The molecule has 1 saturated carbocycles. The summed E-state index contributed by atoms with van der Waals surface area (Å²) in [4.78, 5) is 51.0. The van der Waals surface area contributed by atoms with Crippen molar-refractivity contribution in [2.75, 3.05) is 19.0 Å². The number of benzene rings is 1. The number of hydrogen-bond donors (Lipinski definition) is 3. The Morgan fingerprint density at radius 1 is 1.10 bits per heavy atom. The number of hydrogen-bond acceptors (Lipinski definition) is 6. The monoisotopic (exact) mass is 416 g/mol. The zero-order valence-electron chi connectivity index (χ0n) is 17.5. The number of anilines is 1. The molecule has 2 aliphatic rings. The van der Waals surface area contributed by atoms with E-state index >= 15 is 0 Å². The first-order valence-electron chi connectivity index (χ1n) is 10.1. The summed E-state index contributed by atoms with van der Waals surface area (Å²) < 4.78 is 4.99. The summed E-state index contributed by atoms with van der Waals surface area (Å²) in [7, 11) is 3.83. The molecule has 162 valence electrons. The Labute approximate surface area is 175 Å². The summed E-state index contributed by atoms with van der Waals surface area (Å²) in [5.74, 6) is -1.75. The number of ether oxygens (including phenoxy) is 1. The molecule has 3 N–H and O–H groups in total. The normalized spacial score (nSPS) is 22.2. The molecule has 0 bridgehead atoms. The standard InChI is InChI=1S/C21H28N4O5/c1-13(26)30-19-16(18(28)23-19)22-20(29)21(11-5-4-6-12-21)24-17(27)14-7-9-15(10-8-14)25(2)3/h7-10,16,19H,4-6,11-12H2,1-3H3,(H,22,29)(H,23,28)(H,24,27)/t16-,19+/m1/s1. The molecule has 1 heterocycles. The number of rotatable bonds is 6. The van der Waals surface area contributed by atoms with Gasteiger partial charge in [-0.05, 0) is 37.1 Å². The summed E-state index contributed by atoms with van der Waals surface area (Å²) in [6.45, 7) is 1.23. The van der Waals surface area contributed by atoms with E-state index < -0.39 is 35.6 Å². The quantitative estimate of drug-likeness (QED) is 0.464. The molecular weight excluding hydrogens is 388 g/mol. The second-order valence-electron chi connectivity index (χ2n) is 8.03. The SMILES string of the molecule is CC(=O)O[C@@H]1NC(=O)[C@H]1NC(=O)C1(NC(=O)c2ccc(N(C)C)cc2)CCCCC1. The first-order chi connectivity index (χ1) is 14.2. The summed E-state index contributed by atoms with van der Waals surface area (Å²) in [6.07, 6.45) is 2.62. The first kappa shape index (κ1) is 21.6. The summed E-state index contributed by atoms with van der Waals surface area (Å²) in [5, 5.41) is 8.02. The van der Waals surface area contributed by atoms with Gasteiger partial charge >= 0.3 is 5.97 Å². The van der Waals surface area contributed by atoms with E-state index in [1.54, 1.807) is 12.1 Å². The number of nitrogens with one attached hydrogen (secondary N) is 3. The maximum Gasteiger partial charge on any atom is 0.304 e. The molecule has 9 nitrogen and oxygen atoms in total. The van der Waals surface area contributed by atoms with Crippen LogP contribution in [0.25, 0.3) is 0 Å². The van der Waals surface area contributed by atoms with Crippen LogP contribution in [0.5, 0.6) is 0 Å². The summed E-state index contributed by atoms with van der Waals surface area (Å²) in [6, 6.07) is 6.15. The van der Waals surface area contributed by atoms with Crippen molar-refractivity contribution in [3.63, 3.8) is 0 Å². The van der Waals surface area contributed by atoms with Gasteiger partial charge in [0.2, 0.25) is 12.1 Å². The maximum atomic E-state index is 13.2. The molecule has 3 amide bonds. The summed E-state index contributed by atoms with van der Waals surface area (Å²) >= 11 is 0. The molecule has 2 fully saturated rings. The fraction of sp³-hybridized carbons (Fsp3) is 0.524. The lowest BCUT2D eigenvalue weighted by Gasteiger charge is -2.41. The summed E-state index contributed by atoms with van der Waals surface area (Å²) in [5.41, 5.74) is 0.313. The third kappa shape index (κ3) is 4.55. The Morgan fingerprint density at radius 2 is 1.73 bits per heavy atom. The number of carbonyl (C=O) groups is 4. The molecule has 1 aromatic rings. The lowest BCUT2D eigenvalue weighted by molar-refractivity contribution is -0.165. The van der Waals surface area contributed by atoms with Crippen LogP contribution in [-0.4, -0.2) is 55.6 Å². The van der Waals surface area contributed by atoms with Gasteiger partial charge in [0.05, 0.1) is 0 Å². The van der Waals surface area contributed by atoms with Gasteiger partial charge in [0, 0.05) is 32.3 Å². The Balaban J connectivity index is 1.73. The van der Waals surface area contributed by atoms with E-state index in [4.69, 9.17) is 4.74 Å². The number of nitrogens with zero attached hydrogens (tertiary/aromatic N) is 1. The molecular formula is C21H28N4O5. The van der Waals surface area contributed by atoms with Crippen molar-refractivity contribution in [2.45, 2.75) is 56.8 Å². The Hall–Kier alpha value is -3.10. The van der Waals surface area contributed by atoms with Crippen molar-refractivity contribution < 1.29 is 23.9 Å². The molecule has 1 aliphatic heterocycles. The van der Waals surface area contributed by atoms with Crippen LogP contribution in [-0.2, 0) is 19.1 Å². The smallest absolute Gasteiger partial charge is 0.304 e. The van der Waals surface area contributed by atoms with E-state index in [9.17, 15) is 19.2 Å². The number of carbonyl (C=O) groups excluding carboxylic acids is 4. The number of amides is 3. The van der Waals surface area contributed by atoms with Crippen molar-refractivity contribution in [1.29, 1.82) is 0 Å². The molecule has 0 aromatic heterocycles. The topological polar surface area (TPSA) is 117 Å². The molecule has 1 aliphatic carbocycles. The molecule has 9 heteroatoms. The number of esters is 1. The molecule has 1 aromatic carbocycles. The highest BCUT2D eigenvalue weighted by molar-refractivity contribution is 6.01. The van der Waals surface area contributed by atoms with E-state index in [1.807, 2.05) is 31.1 Å². The van der Waals surface area contributed by atoms with E-state index in [0.717, 1.165) is 24.9 Å². The minimum atomic E-state index is -1.10. The van der Waals surface area contributed by atoms with Gasteiger partial charge in [-0.15, -0.1) is 0 Å². The fourth-order valence-corrected chi connectivity index (χ4v) is 3.82. The molecule has 30 heavy (non-hydrogen) atoms. The van der Waals surface area contributed by atoms with Gasteiger partial charge in [0.25, 0.3) is 11.8 Å². The van der Waals surface area contributed by atoms with Gasteiger partial charge in [0.15, 0.2) is 6.04 Å². The van der Waals surface area contributed by atoms with Crippen LogP contribution in [0.1, 0.15) is 49.4 Å². The van der Waals surface area contributed by atoms with Gasteiger partial charge in [-0.2, -0.15) is 0 Å². The van der Waals surface area contributed by atoms with Gasteiger partial charge in [-0.3, -0.25) is 19.2 Å². The van der Waals surface area contributed by atoms with E-state index in [-0.39, 0.29) is 5.91 Å². The molecule has 0 unspecified atom stereocenters. The van der Waals surface area contributed by atoms with Crippen molar-refractivity contribution in [2.24, 2.45) is 0 Å². The third-order valence-corrected chi connectivity index (χ3v) is 5.59. The Bertz CT molecular complexity index is 830. The molecule has 3 rings (SSSR count). The van der Waals surface area contributed by atoms with Crippen LogP contribution in [0.4, 0.5) is 5.69 Å². The molecule has 2 atom stereocenters. The Kier molecular flexibility index (Phi) is 6.28. The molecule has 0 radical (unpaired) electrons. The fourth-order valence-electron chi connectivity index (χ4n) is 3.82. The van der Waals surface area contributed by atoms with Gasteiger partial charge < -0.3 is 25.6 Å². The van der Waals surface area contributed by atoms with Crippen LogP contribution in [0.2, 0.25) is 0 Å². The average Bonchev–Trinajstić information content (AvgIpc) is 2.72. The van der Waals surface area contributed by atoms with E-state index in [2.05, 4.69) is 16.0 Å². The third-order valence-electron chi connectivity index (χ3n) is 5.59. The highest BCUT2D eigenvalue weighted by Gasteiger charge is 2.48. The predicted octanol–water partition coefficient (Wildman–Crippen LogP) is 0.689. The second-order valence-corrected chi connectivity index (χ2v) is 8.03. The Morgan fingerprint density at radius 3 is 2.27 bits per heavy atom. The maximum absolute atomic E-state index is 13.2. The number of β-lactam (4-membered cyclic amide) rings is 1. The molecule has 1 saturated heterocycles. The average molecular weight is 416 g/mol. The zero-order valence-corrected chi connectivity index (χ0v) is 17.5. The van der Waals surface area contributed by atoms with Crippen molar-refractivity contribution in [3.8, 4) is 0 Å². The van der Waals surface area contributed by atoms with Gasteiger partial charge in [-0.1, -0.05) is 19.3 Å². The molecule has 0 spiro atoms. The van der Waals surface area contributed by atoms with E-state index in [1.165, 1.54) is 6.92 Å². The van der Waals surface area contributed by atoms with Crippen molar-refractivity contribution in [3.05, 3.63) is 29.8 Å². The van der Waals surface area contributed by atoms with Crippen LogP contribution < -0.4 is 20.9 Å². The lowest BCUT2D eigenvalue weighted by Crippen LogP contribution is -2.73. The van der Waals surface area contributed by atoms with Gasteiger partial charge in [-0.25, -0.2) is 0 Å². The van der Waals surface area contributed by atoms with Crippen LogP contribution in [0.3, 0.4) is 0 Å². The van der Waals surface area contributed by atoms with Crippen LogP contribution >= 0.6 is 0 Å². The van der Waals surface area contributed by atoms with Crippen LogP contribution in [0.15, 0.2) is 24.3 Å². The zero-order chi connectivity index (χ0) is 21.9. The minimum Gasteiger partial charge on any atom is -0.439 e. The lowest BCUT2D eigenvalue weighted by atomic mass is 9.80. The first-order valence-corrected chi connectivity index (χ1v) is 10.1. The second kappa shape index (κ2) is 8.73. The highest BCUT2D eigenvalue weighted by Crippen LogP contribution is 2.29. The largest absolute Gasteiger partial charge is 0.439 e. The highest BCUT2D eigenvalue weighted by atomic mass is 16.6. The minimum absolute atomic E-state index is 0.341. The van der Waals surface area contributed by atoms with Crippen molar-refractivity contribution >= 4 is 29.4 Å². The van der Waals surface area contributed by atoms with Crippen molar-refractivity contribution in [1.82, 2.24) is 16.0 Å².